The van der Waals surface area contributed by atoms with Gasteiger partial charge in [-0.2, -0.15) is 0 Å². The van der Waals surface area contributed by atoms with Gasteiger partial charge in [-0.05, 0) is 17.7 Å². The molecule has 1 aromatic carbocycles. The second kappa shape index (κ2) is 3.54. The molecule has 0 aromatic heterocycles. The van der Waals surface area contributed by atoms with E-state index >= 15 is 0 Å². The first kappa shape index (κ1) is 10.3. The first-order valence-electron chi connectivity index (χ1n) is 4.80. The number of hydrogen-bond donors (Lipinski definition) is 1. The summed E-state index contributed by atoms with van der Waals surface area (Å²) in [7, 11) is -1.24. The second-order valence-corrected chi connectivity index (χ2v) is 9.67. The van der Waals surface area contributed by atoms with Gasteiger partial charge in [0.25, 0.3) is 0 Å². The molecule has 1 aromatic rings. The van der Waals surface area contributed by atoms with Crippen LogP contribution in [0.3, 0.4) is 0 Å². The van der Waals surface area contributed by atoms with Crippen molar-refractivity contribution in [1.82, 2.24) is 0 Å². The van der Waals surface area contributed by atoms with E-state index in [-0.39, 0.29) is 0 Å². The molecule has 0 spiro atoms. The fourth-order valence-corrected chi connectivity index (χ4v) is 2.94. The molecule has 0 amide bonds. The van der Waals surface area contributed by atoms with Crippen LogP contribution < -0.4 is 10.9 Å². The molecule has 0 aliphatic heterocycles. The highest BCUT2D eigenvalue weighted by atomic mass is 28.3. The van der Waals surface area contributed by atoms with Gasteiger partial charge in [-0.25, -0.2) is 0 Å². The van der Waals surface area contributed by atoms with Crippen molar-refractivity contribution >= 4 is 18.9 Å². The molecule has 0 aliphatic rings. The Balaban J connectivity index is 3.01. The summed E-state index contributed by atoms with van der Waals surface area (Å²) < 4.78 is 0. The van der Waals surface area contributed by atoms with Crippen molar-refractivity contribution in [3.05, 3.63) is 24.3 Å². The maximum atomic E-state index is 5.66. The zero-order chi connectivity index (χ0) is 10.1. The lowest BCUT2D eigenvalue weighted by molar-refractivity contribution is 1.02. The highest BCUT2D eigenvalue weighted by Crippen LogP contribution is 2.20. The highest BCUT2D eigenvalue weighted by Gasteiger charge is 2.26. The first-order valence-corrected chi connectivity index (χ1v) is 7.88. The third kappa shape index (κ3) is 2.13. The van der Waals surface area contributed by atoms with Crippen molar-refractivity contribution in [2.75, 3.05) is 5.73 Å². The van der Waals surface area contributed by atoms with Gasteiger partial charge in [0.05, 0.1) is 8.07 Å². The van der Waals surface area contributed by atoms with Gasteiger partial charge in [0, 0.05) is 5.69 Å². The Kier molecular flexibility index (Phi) is 2.81. The van der Waals surface area contributed by atoms with E-state index in [0.717, 1.165) is 11.2 Å². The maximum absolute atomic E-state index is 5.66. The molecule has 13 heavy (non-hydrogen) atoms. The van der Waals surface area contributed by atoms with Crippen LogP contribution in [0.5, 0.6) is 0 Å². The van der Waals surface area contributed by atoms with Crippen LogP contribution in [-0.4, -0.2) is 8.07 Å². The smallest absolute Gasteiger partial charge is 0.0831 e. The van der Waals surface area contributed by atoms with Gasteiger partial charge in [0.1, 0.15) is 0 Å². The maximum Gasteiger partial charge on any atom is 0.0831 e. The Morgan fingerprint density at radius 3 is 1.92 bits per heavy atom. The van der Waals surface area contributed by atoms with Gasteiger partial charge in [0.2, 0.25) is 0 Å². The van der Waals surface area contributed by atoms with Crippen LogP contribution in [0.2, 0.25) is 18.6 Å². The Morgan fingerprint density at radius 1 is 1.08 bits per heavy atom. The number of hydrogen-bond acceptors (Lipinski definition) is 1. The van der Waals surface area contributed by atoms with Gasteiger partial charge in [0.15, 0.2) is 0 Å². The van der Waals surface area contributed by atoms with Gasteiger partial charge >= 0.3 is 0 Å². The van der Waals surface area contributed by atoms with Crippen LogP contribution in [0.4, 0.5) is 5.69 Å². The van der Waals surface area contributed by atoms with Gasteiger partial charge in [-0.1, -0.05) is 44.3 Å². The molecule has 2 heteroatoms. The lowest BCUT2D eigenvalue weighted by Gasteiger charge is -2.27. The molecule has 0 heterocycles. The molecule has 0 unspecified atom stereocenters. The van der Waals surface area contributed by atoms with Crippen LogP contribution in [0, 0.1) is 0 Å². The molecule has 0 bridgehead atoms. The molecule has 0 radical (unpaired) electrons. The normalized spacial score (nSPS) is 12.1. The summed E-state index contributed by atoms with van der Waals surface area (Å²) in [6, 6.07) is 8.38. The zero-order valence-corrected chi connectivity index (χ0v) is 9.96. The molecular weight excluding hydrogens is 174 g/mol. The third-order valence-electron chi connectivity index (χ3n) is 3.10. The molecule has 0 fully saturated rings. The van der Waals surface area contributed by atoms with Crippen molar-refractivity contribution in [2.45, 2.75) is 32.5 Å². The lowest BCUT2D eigenvalue weighted by atomic mass is 10.3. The monoisotopic (exact) mass is 193 g/mol. The van der Waals surface area contributed by atoms with E-state index in [9.17, 15) is 0 Å². The molecular formula is C11H19NSi. The quantitative estimate of drug-likeness (QED) is 0.567. The van der Waals surface area contributed by atoms with Crippen LogP contribution >= 0.6 is 0 Å². The van der Waals surface area contributed by atoms with E-state index in [4.69, 9.17) is 5.73 Å². The minimum Gasteiger partial charge on any atom is -0.399 e. The fourth-order valence-electron chi connectivity index (χ4n) is 1.25. The van der Waals surface area contributed by atoms with Crippen molar-refractivity contribution in [3.63, 3.8) is 0 Å². The lowest BCUT2D eigenvalue weighted by Crippen LogP contribution is -2.44. The Hall–Kier alpha value is -0.763. The number of nitrogens with two attached hydrogens (primary N) is 1. The minimum absolute atomic E-state index is 0.774. The SMILES string of the molecule is CC(C)[Si](C)(C)c1ccc(N)cc1. The number of rotatable bonds is 2. The number of anilines is 1. The number of benzene rings is 1. The van der Waals surface area contributed by atoms with Crippen molar-refractivity contribution in [3.8, 4) is 0 Å². The van der Waals surface area contributed by atoms with Crippen molar-refractivity contribution in [1.29, 1.82) is 0 Å². The molecule has 1 rings (SSSR count). The highest BCUT2D eigenvalue weighted by molar-refractivity contribution is 6.90. The second-order valence-electron chi connectivity index (χ2n) is 4.50. The first-order chi connectivity index (χ1) is 5.94. The minimum atomic E-state index is -1.24. The summed E-state index contributed by atoms with van der Waals surface area (Å²) in [5.74, 6) is 0. The predicted octanol–water partition coefficient (Wildman–Crippen LogP) is 2.59. The van der Waals surface area contributed by atoms with E-state index < -0.39 is 8.07 Å². The summed E-state index contributed by atoms with van der Waals surface area (Å²) in [6.07, 6.45) is 0. The van der Waals surface area contributed by atoms with E-state index in [1.165, 1.54) is 5.19 Å². The summed E-state index contributed by atoms with van der Waals surface area (Å²) in [5, 5.41) is 1.50. The molecule has 0 aliphatic carbocycles. The van der Waals surface area contributed by atoms with Crippen LogP contribution in [0.1, 0.15) is 13.8 Å². The van der Waals surface area contributed by atoms with Crippen LogP contribution in [0.15, 0.2) is 24.3 Å². The molecule has 0 atom stereocenters. The summed E-state index contributed by atoms with van der Waals surface area (Å²) in [6.45, 7) is 9.43. The third-order valence-corrected chi connectivity index (χ3v) is 7.81. The summed E-state index contributed by atoms with van der Waals surface area (Å²) in [4.78, 5) is 0. The van der Waals surface area contributed by atoms with Crippen LogP contribution in [0.25, 0.3) is 0 Å². The standard InChI is InChI=1S/C11H19NSi/c1-9(2)13(3,4)11-7-5-10(12)6-8-11/h5-9H,12H2,1-4H3. The largest absolute Gasteiger partial charge is 0.399 e. The van der Waals surface area contributed by atoms with Crippen molar-refractivity contribution in [2.24, 2.45) is 0 Å². The Morgan fingerprint density at radius 2 is 1.54 bits per heavy atom. The molecule has 1 nitrogen and oxygen atoms in total. The number of nitrogen functional groups attached to an aromatic ring is 1. The fraction of sp³-hybridized carbons (Fsp3) is 0.455. The van der Waals surface area contributed by atoms with E-state index in [2.05, 4.69) is 39.1 Å². The van der Waals surface area contributed by atoms with E-state index in [1.807, 2.05) is 12.1 Å². The average Bonchev–Trinajstić information content (AvgIpc) is 2.04. The summed E-state index contributed by atoms with van der Waals surface area (Å²) >= 11 is 0. The predicted molar refractivity (Wildman–Crippen MR) is 63.1 cm³/mol. The summed E-state index contributed by atoms with van der Waals surface area (Å²) in [5.41, 5.74) is 7.29. The zero-order valence-electron chi connectivity index (χ0n) is 8.96. The topological polar surface area (TPSA) is 26.0 Å². The molecule has 2 N–H and O–H groups in total. The van der Waals surface area contributed by atoms with E-state index in [0.29, 0.717) is 0 Å². The molecule has 72 valence electrons. The molecule has 0 saturated carbocycles. The van der Waals surface area contributed by atoms with Gasteiger partial charge in [-0.15, -0.1) is 0 Å². The molecule has 0 saturated heterocycles. The van der Waals surface area contributed by atoms with Crippen LogP contribution in [-0.2, 0) is 0 Å². The Labute approximate surface area is 82.0 Å². The Bertz CT molecular complexity index is 275. The van der Waals surface area contributed by atoms with E-state index in [1.54, 1.807) is 0 Å². The van der Waals surface area contributed by atoms with Gasteiger partial charge < -0.3 is 5.73 Å². The van der Waals surface area contributed by atoms with Crippen molar-refractivity contribution < 1.29 is 0 Å². The van der Waals surface area contributed by atoms with Gasteiger partial charge in [-0.3, -0.25) is 0 Å². The average molecular weight is 193 g/mol.